The zero-order valence-corrected chi connectivity index (χ0v) is 16.3. The van der Waals surface area contributed by atoms with Crippen LogP contribution in [0.15, 0.2) is 35.4 Å². The molecule has 1 aliphatic heterocycles. The van der Waals surface area contributed by atoms with Gasteiger partial charge in [-0.3, -0.25) is 9.48 Å². The smallest absolute Gasteiger partial charge is 0.273 e. The summed E-state index contributed by atoms with van der Waals surface area (Å²) in [5.41, 5.74) is 0.975. The van der Waals surface area contributed by atoms with E-state index in [1.165, 1.54) is 30.1 Å². The fourth-order valence-electron chi connectivity index (χ4n) is 3.17. The largest absolute Gasteiger partial charge is 0.354 e. The minimum absolute atomic E-state index is 0.0248. The van der Waals surface area contributed by atoms with Gasteiger partial charge in [-0.2, -0.15) is 4.31 Å². The van der Waals surface area contributed by atoms with Crippen LogP contribution in [0.4, 0.5) is 8.78 Å². The van der Waals surface area contributed by atoms with Crippen LogP contribution in [0, 0.1) is 0 Å². The van der Waals surface area contributed by atoms with Gasteiger partial charge in [-0.1, -0.05) is 24.3 Å². The molecule has 28 heavy (non-hydrogen) atoms. The highest BCUT2D eigenvalue weighted by Gasteiger charge is 2.50. The summed E-state index contributed by atoms with van der Waals surface area (Å²) in [7, 11) is -2.68. The highest BCUT2D eigenvalue weighted by molar-refractivity contribution is 7.89. The zero-order valence-electron chi connectivity index (χ0n) is 15.5. The van der Waals surface area contributed by atoms with Gasteiger partial charge in [-0.05, 0) is 24.1 Å². The van der Waals surface area contributed by atoms with Crippen LogP contribution < -0.4 is 5.32 Å². The van der Waals surface area contributed by atoms with Crippen molar-refractivity contribution in [3.63, 3.8) is 0 Å². The van der Waals surface area contributed by atoms with Crippen LogP contribution in [0.25, 0.3) is 0 Å². The number of sulfonamides is 1. The molecule has 0 radical (unpaired) electrons. The quantitative estimate of drug-likeness (QED) is 0.770. The minimum atomic E-state index is -4.11. The van der Waals surface area contributed by atoms with Crippen molar-refractivity contribution >= 4 is 15.9 Å². The second-order valence-electron chi connectivity index (χ2n) is 6.67. The van der Waals surface area contributed by atoms with E-state index in [9.17, 15) is 22.0 Å². The van der Waals surface area contributed by atoms with E-state index in [1.54, 1.807) is 12.1 Å². The first kappa shape index (κ1) is 20.3. The molecule has 1 fully saturated rings. The Morgan fingerprint density at radius 3 is 2.61 bits per heavy atom. The van der Waals surface area contributed by atoms with Crippen LogP contribution in [0.5, 0.6) is 0 Å². The molecule has 1 aromatic heterocycles. The molecule has 1 aromatic carbocycles. The normalized spacial score (nSPS) is 19.6. The number of rotatable bonds is 6. The molecule has 3 rings (SSSR count). The van der Waals surface area contributed by atoms with Crippen LogP contribution in [-0.2, 0) is 23.0 Å². The second-order valence-corrected chi connectivity index (χ2v) is 8.56. The third kappa shape index (κ3) is 4.04. The molecule has 0 spiro atoms. The van der Waals surface area contributed by atoms with Gasteiger partial charge < -0.3 is 5.32 Å². The molecular weight excluding hydrogens is 392 g/mol. The van der Waals surface area contributed by atoms with Gasteiger partial charge in [-0.15, -0.1) is 5.10 Å². The number of nitrogens with zero attached hydrogens (tertiary/aromatic N) is 4. The molecule has 0 unspecified atom stereocenters. The van der Waals surface area contributed by atoms with Crippen LogP contribution in [0.1, 0.15) is 29.4 Å². The Morgan fingerprint density at radius 1 is 1.32 bits per heavy atom. The van der Waals surface area contributed by atoms with E-state index in [4.69, 9.17) is 0 Å². The SMILES string of the molecule is CCc1ccc(S(=O)(=O)N2CC(F)(F)C[C@H]2Cn2cc(C(=O)NC)nn2)cc1. The molecule has 0 bridgehead atoms. The molecule has 1 aliphatic rings. The number of nitrogens with one attached hydrogen (secondary N) is 1. The number of hydrogen-bond acceptors (Lipinski definition) is 5. The molecule has 1 saturated heterocycles. The van der Waals surface area contributed by atoms with E-state index in [2.05, 4.69) is 15.6 Å². The van der Waals surface area contributed by atoms with Crippen molar-refractivity contribution in [2.45, 2.75) is 43.2 Å². The number of amides is 1. The predicted octanol–water partition coefficient (Wildman–Crippen LogP) is 1.30. The molecule has 2 heterocycles. The first-order chi connectivity index (χ1) is 13.2. The summed E-state index contributed by atoms with van der Waals surface area (Å²) in [6.07, 6.45) is 1.41. The summed E-state index contributed by atoms with van der Waals surface area (Å²) in [6, 6.07) is 5.19. The topological polar surface area (TPSA) is 97.2 Å². The average Bonchev–Trinajstić information content (AvgIpc) is 3.25. The van der Waals surface area contributed by atoms with Crippen LogP contribution in [0.2, 0.25) is 0 Å². The van der Waals surface area contributed by atoms with Crippen molar-refractivity contribution in [3.05, 3.63) is 41.7 Å². The molecule has 2 aromatic rings. The maximum absolute atomic E-state index is 14.1. The summed E-state index contributed by atoms with van der Waals surface area (Å²) in [5.74, 6) is -3.62. The van der Waals surface area contributed by atoms with Gasteiger partial charge in [0, 0.05) is 13.5 Å². The van der Waals surface area contributed by atoms with Gasteiger partial charge in [0.05, 0.1) is 30.2 Å². The minimum Gasteiger partial charge on any atom is -0.354 e. The Bertz CT molecular complexity index is 959. The van der Waals surface area contributed by atoms with Gasteiger partial charge in [-0.25, -0.2) is 17.2 Å². The summed E-state index contributed by atoms with van der Waals surface area (Å²) in [5, 5.41) is 9.81. The number of halogens is 2. The fraction of sp³-hybridized carbons (Fsp3) is 0.471. The van der Waals surface area contributed by atoms with Crippen molar-refractivity contribution < 1.29 is 22.0 Å². The lowest BCUT2D eigenvalue weighted by Crippen LogP contribution is -2.38. The van der Waals surface area contributed by atoms with E-state index in [0.717, 1.165) is 16.3 Å². The van der Waals surface area contributed by atoms with Crippen molar-refractivity contribution in [1.82, 2.24) is 24.6 Å². The monoisotopic (exact) mass is 413 g/mol. The maximum atomic E-state index is 14.1. The zero-order chi connectivity index (χ0) is 20.5. The van der Waals surface area contributed by atoms with Gasteiger partial charge in [0.1, 0.15) is 0 Å². The number of aryl methyl sites for hydroxylation is 1. The highest BCUT2D eigenvalue weighted by atomic mass is 32.2. The molecule has 0 aliphatic carbocycles. The van der Waals surface area contributed by atoms with E-state index in [1.807, 2.05) is 6.92 Å². The average molecular weight is 413 g/mol. The summed E-state index contributed by atoms with van der Waals surface area (Å²) < 4.78 is 56.1. The first-order valence-corrected chi connectivity index (χ1v) is 10.2. The van der Waals surface area contributed by atoms with Crippen molar-refractivity contribution in [3.8, 4) is 0 Å². The van der Waals surface area contributed by atoms with E-state index < -0.39 is 40.9 Å². The Kier molecular flexibility index (Phi) is 5.48. The van der Waals surface area contributed by atoms with Gasteiger partial charge in [0.25, 0.3) is 11.8 Å². The van der Waals surface area contributed by atoms with Crippen molar-refractivity contribution in [1.29, 1.82) is 0 Å². The fourth-order valence-corrected chi connectivity index (χ4v) is 4.82. The molecule has 0 saturated carbocycles. The van der Waals surface area contributed by atoms with E-state index in [-0.39, 0.29) is 17.1 Å². The van der Waals surface area contributed by atoms with Crippen molar-refractivity contribution in [2.75, 3.05) is 13.6 Å². The lowest BCUT2D eigenvalue weighted by molar-refractivity contribution is 0.0168. The molecule has 11 heteroatoms. The highest BCUT2D eigenvalue weighted by Crippen LogP contribution is 2.36. The molecular formula is C17H21F2N5O3S. The number of aromatic nitrogens is 3. The lowest BCUT2D eigenvalue weighted by atomic mass is 10.2. The molecule has 1 atom stereocenters. The summed E-state index contributed by atoms with van der Waals surface area (Å²) >= 11 is 0. The standard InChI is InChI=1S/C17H21F2N5O3S/c1-3-12-4-6-14(7-5-12)28(26,27)24-11-17(18,19)8-13(24)9-23-10-15(21-22-23)16(25)20-2/h4-7,10,13H,3,8-9,11H2,1-2H3,(H,20,25)/t13-/m0/s1. The van der Waals surface area contributed by atoms with Crippen LogP contribution in [-0.4, -0.2) is 59.2 Å². The Hall–Kier alpha value is -2.40. The second kappa shape index (κ2) is 7.55. The Balaban J connectivity index is 1.87. The van der Waals surface area contributed by atoms with E-state index in [0.29, 0.717) is 0 Å². The number of hydrogen-bond donors (Lipinski definition) is 1. The van der Waals surface area contributed by atoms with Crippen molar-refractivity contribution in [2.24, 2.45) is 0 Å². The summed E-state index contributed by atoms with van der Waals surface area (Å²) in [6.45, 7) is 0.907. The number of carbonyl (C=O) groups excluding carboxylic acids is 1. The molecule has 8 nitrogen and oxygen atoms in total. The van der Waals surface area contributed by atoms with Crippen LogP contribution >= 0.6 is 0 Å². The first-order valence-electron chi connectivity index (χ1n) is 8.77. The van der Waals surface area contributed by atoms with Gasteiger partial charge in [0.15, 0.2) is 5.69 Å². The van der Waals surface area contributed by atoms with Gasteiger partial charge >= 0.3 is 0 Å². The third-order valence-corrected chi connectivity index (χ3v) is 6.58. The van der Waals surface area contributed by atoms with E-state index >= 15 is 0 Å². The lowest BCUT2D eigenvalue weighted by Gasteiger charge is -2.23. The maximum Gasteiger partial charge on any atom is 0.273 e. The molecule has 1 N–H and O–H groups in total. The Labute approximate surface area is 161 Å². The summed E-state index contributed by atoms with van der Waals surface area (Å²) in [4.78, 5) is 11.5. The molecule has 152 valence electrons. The van der Waals surface area contributed by atoms with Crippen LogP contribution in [0.3, 0.4) is 0 Å². The molecule has 1 amide bonds. The van der Waals surface area contributed by atoms with Gasteiger partial charge in [0.2, 0.25) is 10.0 Å². The number of alkyl halides is 2. The third-order valence-electron chi connectivity index (χ3n) is 4.66. The number of carbonyl (C=O) groups is 1. The predicted molar refractivity (Wildman–Crippen MR) is 96.5 cm³/mol. The Morgan fingerprint density at radius 2 is 2.00 bits per heavy atom. The number of benzene rings is 1.